The third-order valence-corrected chi connectivity index (χ3v) is 17.0. The van der Waals surface area contributed by atoms with E-state index in [9.17, 15) is 5.11 Å². The van der Waals surface area contributed by atoms with Crippen LogP contribution in [-0.4, -0.2) is 70.9 Å². The van der Waals surface area contributed by atoms with E-state index in [0.717, 1.165) is 12.5 Å². The third kappa shape index (κ3) is 16.4. The number of aliphatic hydroxyl groups excluding tert-OH is 1. The van der Waals surface area contributed by atoms with E-state index in [1.54, 1.807) is 6.92 Å². The zero-order valence-electron chi connectivity index (χ0n) is 20.2. The van der Waals surface area contributed by atoms with Crippen LogP contribution < -0.4 is 0 Å². The van der Waals surface area contributed by atoms with E-state index in [4.69, 9.17) is 21.8 Å². The van der Waals surface area contributed by atoms with Crippen molar-refractivity contribution >= 4 is 33.8 Å². The molecule has 0 aliphatic rings. The molecule has 0 aromatic heterocycles. The standard InChI is InChI=1S/C18H46O6Si4/c1-17(19)15-21-18(2)16-20-13-12-14-28(11,23-26(6,7)8)24-27(9,10)22-25(3,4)5/h17-19H,12-16H2,1-11H3. The second-order valence-electron chi connectivity index (χ2n) is 10.2. The van der Waals surface area contributed by atoms with E-state index in [0.29, 0.717) is 19.8 Å². The van der Waals surface area contributed by atoms with Crippen LogP contribution in [0.2, 0.25) is 65.0 Å². The Bertz CT molecular complexity index is 437. The van der Waals surface area contributed by atoms with Gasteiger partial charge in [0.25, 0.3) is 0 Å². The number of hydrogen-bond acceptors (Lipinski definition) is 6. The average molecular weight is 471 g/mol. The highest BCUT2D eigenvalue weighted by Gasteiger charge is 2.44. The highest BCUT2D eigenvalue weighted by Crippen LogP contribution is 2.27. The first-order valence-electron chi connectivity index (χ1n) is 10.4. The number of aliphatic hydroxyl groups is 1. The van der Waals surface area contributed by atoms with E-state index >= 15 is 0 Å². The van der Waals surface area contributed by atoms with Crippen LogP contribution in [-0.2, 0) is 21.8 Å². The summed E-state index contributed by atoms with van der Waals surface area (Å²) < 4.78 is 30.9. The predicted molar refractivity (Wildman–Crippen MR) is 126 cm³/mol. The van der Waals surface area contributed by atoms with Crippen molar-refractivity contribution in [2.75, 3.05) is 19.8 Å². The number of hydrogen-bond donors (Lipinski definition) is 1. The summed E-state index contributed by atoms with van der Waals surface area (Å²) in [6, 6.07) is 0.895. The second kappa shape index (κ2) is 11.9. The van der Waals surface area contributed by atoms with Gasteiger partial charge in [-0.15, -0.1) is 0 Å². The molecule has 0 spiro atoms. The van der Waals surface area contributed by atoms with Gasteiger partial charge in [-0.3, -0.25) is 0 Å². The van der Waals surface area contributed by atoms with Gasteiger partial charge in [-0.1, -0.05) is 0 Å². The fraction of sp³-hybridized carbons (Fsp3) is 1.00. The van der Waals surface area contributed by atoms with E-state index in [1.165, 1.54) is 0 Å². The molecule has 0 aromatic carbocycles. The van der Waals surface area contributed by atoms with Crippen LogP contribution in [0.1, 0.15) is 20.3 Å². The Morgan fingerprint density at radius 3 is 1.75 bits per heavy atom. The molecule has 0 bridgehead atoms. The Labute approximate surface area is 178 Å². The quantitative estimate of drug-likeness (QED) is 0.277. The highest BCUT2D eigenvalue weighted by molar-refractivity contribution is 6.89. The molecule has 0 saturated carbocycles. The topological polar surface area (TPSA) is 66.4 Å². The van der Waals surface area contributed by atoms with Crippen LogP contribution >= 0.6 is 0 Å². The first-order chi connectivity index (χ1) is 12.4. The summed E-state index contributed by atoms with van der Waals surface area (Å²) in [7, 11) is -7.99. The molecular formula is C18H46O6Si4. The summed E-state index contributed by atoms with van der Waals surface area (Å²) in [5, 5.41) is 9.27. The van der Waals surface area contributed by atoms with Crippen molar-refractivity contribution in [3.05, 3.63) is 0 Å². The zero-order valence-corrected chi connectivity index (χ0v) is 24.2. The van der Waals surface area contributed by atoms with Gasteiger partial charge in [0.1, 0.15) is 0 Å². The monoisotopic (exact) mass is 470 g/mol. The van der Waals surface area contributed by atoms with Gasteiger partial charge in [0.15, 0.2) is 16.6 Å². The summed E-state index contributed by atoms with van der Waals surface area (Å²) in [5.41, 5.74) is 0. The van der Waals surface area contributed by atoms with Gasteiger partial charge in [-0.05, 0) is 85.2 Å². The van der Waals surface area contributed by atoms with Crippen molar-refractivity contribution < 1.29 is 26.9 Å². The molecule has 28 heavy (non-hydrogen) atoms. The van der Waals surface area contributed by atoms with Crippen molar-refractivity contribution in [3.63, 3.8) is 0 Å². The molecule has 0 aliphatic heterocycles. The SMILES string of the molecule is CC(O)COC(C)COCCC[Si](C)(O[Si](C)(C)C)O[Si](C)(C)O[Si](C)(C)C. The largest absolute Gasteiger partial charge is 0.437 e. The van der Waals surface area contributed by atoms with Gasteiger partial charge in [-0.25, -0.2) is 0 Å². The normalized spacial score (nSPS) is 18.0. The van der Waals surface area contributed by atoms with Crippen LogP contribution in [0.15, 0.2) is 0 Å². The minimum absolute atomic E-state index is 0.0239. The van der Waals surface area contributed by atoms with E-state index in [2.05, 4.69) is 58.9 Å². The van der Waals surface area contributed by atoms with Crippen molar-refractivity contribution in [3.8, 4) is 0 Å². The lowest BCUT2D eigenvalue weighted by atomic mass is 10.4. The molecular weight excluding hydrogens is 425 g/mol. The molecule has 0 rings (SSSR count). The molecule has 1 N–H and O–H groups in total. The maximum atomic E-state index is 9.27. The molecule has 10 heteroatoms. The molecule has 0 fully saturated rings. The van der Waals surface area contributed by atoms with Gasteiger partial charge in [0.05, 0.1) is 25.4 Å². The molecule has 170 valence electrons. The van der Waals surface area contributed by atoms with Crippen LogP contribution in [0, 0.1) is 0 Å². The summed E-state index contributed by atoms with van der Waals surface area (Å²) >= 11 is 0. The Morgan fingerprint density at radius 1 is 0.750 bits per heavy atom. The molecule has 6 nitrogen and oxygen atoms in total. The van der Waals surface area contributed by atoms with Gasteiger partial charge >= 0.3 is 17.1 Å². The molecule has 0 radical (unpaired) electrons. The Morgan fingerprint density at radius 2 is 1.29 bits per heavy atom. The molecule has 0 saturated heterocycles. The number of rotatable bonds is 15. The van der Waals surface area contributed by atoms with Gasteiger partial charge in [-0.2, -0.15) is 0 Å². The average Bonchev–Trinajstić information content (AvgIpc) is 2.38. The zero-order chi connectivity index (χ0) is 22.2. The summed E-state index contributed by atoms with van der Waals surface area (Å²) in [5.74, 6) is 0. The molecule has 3 unspecified atom stereocenters. The molecule has 0 aliphatic carbocycles. The Kier molecular flexibility index (Phi) is 12.1. The Balaban J connectivity index is 4.64. The maximum absolute atomic E-state index is 9.27. The van der Waals surface area contributed by atoms with Crippen LogP contribution in [0.25, 0.3) is 0 Å². The van der Waals surface area contributed by atoms with Gasteiger partial charge < -0.3 is 26.9 Å². The van der Waals surface area contributed by atoms with Crippen molar-refractivity contribution in [1.82, 2.24) is 0 Å². The molecule has 0 amide bonds. The molecule has 3 atom stereocenters. The van der Waals surface area contributed by atoms with Crippen LogP contribution in [0.3, 0.4) is 0 Å². The lowest BCUT2D eigenvalue weighted by Crippen LogP contribution is -2.56. The van der Waals surface area contributed by atoms with E-state index in [1.807, 2.05) is 6.92 Å². The number of ether oxygens (including phenoxy) is 2. The van der Waals surface area contributed by atoms with Gasteiger partial charge in [0.2, 0.25) is 0 Å². The van der Waals surface area contributed by atoms with E-state index < -0.39 is 39.9 Å². The van der Waals surface area contributed by atoms with Crippen molar-refractivity contribution in [2.45, 2.75) is 97.4 Å². The smallest absolute Gasteiger partial charge is 0.315 e. The highest BCUT2D eigenvalue weighted by atomic mass is 28.5. The molecule has 0 heterocycles. The third-order valence-electron chi connectivity index (χ3n) is 3.43. The van der Waals surface area contributed by atoms with Crippen LogP contribution in [0.5, 0.6) is 0 Å². The Hall–Kier alpha value is 0.628. The molecule has 0 aromatic rings. The summed E-state index contributed by atoms with van der Waals surface area (Å²) in [6.07, 6.45) is 0.424. The first-order valence-corrected chi connectivity index (χ1v) is 22.6. The van der Waals surface area contributed by atoms with Crippen molar-refractivity contribution in [1.29, 1.82) is 0 Å². The minimum atomic E-state index is -2.35. The first kappa shape index (κ1) is 28.6. The van der Waals surface area contributed by atoms with Gasteiger partial charge in [0, 0.05) is 6.61 Å². The lowest BCUT2D eigenvalue weighted by molar-refractivity contribution is -0.0364. The predicted octanol–water partition coefficient (Wildman–Crippen LogP) is 4.67. The van der Waals surface area contributed by atoms with Crippen molar-refractivity contribution in [2.24, 2.45) is 0 Å². The minimum Gasteiger partial charge on any atom is -0.437 e. The van der Waals surface area contributed by atoms with Crippen LogP contribution in [0.4, 0.5) is 0 Å². The fourth-order valence-corrected chi connectivity index (χ4v) is 21.1. The maximum Gasteiger partial charge on any atom is 0.315 e. The lowest BCUT2D eigenvalue weighted by Gasteiger charge is -2.41. The second-order valence-corrected chi connectivity index (χ2v) is 26.7. The fourth-order valence-electron chi connectivity index (χ4n) is 3.15. The summed E-state index contributed by atoms with van der Waals surface area (Å²) in [4.78, 5) is 0. The van der Waals surface area contributed by atoms with E-state index in [-0.39, 0.29) is 6.10 Å². The summed E-state index contributed by atoms with van der Waals surface area (Å²) in [6.45, 7) is 24.9.